The molecule has 0 unspecified atom stereocenters. The summed E-state index contributed by atoms with van der Waals surface area (Å²) in [5, 5.41) is 12.3. The molecule has 22 heavy (non-hydrogen) atoms. The zero-order valence-corrected chi connectivity index (χ0v) is 13.8. The number of aromatic nitrogens is 2. The second-order valence-electron chi connectivity index (χ2n) is 5.11. The Bertz CT molecular complexity index is 596. The van der Waals surface area contributed by atoms with E-state index in [1.165, 1.54) is 24.2 Å². The van der Waals surface area contributed by atoms with Crippen LogP contribution in [0.5, 0.6) is 5.75 Å². The highest BCUT2D eigenvalue weighted by atomic mass is 32.1. The van der Waals surface area contributed by atoms with Gasteiger partial charge in [0.05, 0.1) is 0 Å². The fourth-order valence-electron chi connectivity index (χ4n) is 1.87. The highest BCUT2D eigenvalue weighted by Gasteiger charge is 2.08. The Hall–Kier alpha value is -1.95. The molecule has 2 aromatic rings. The number of nitrogens with one attached hydrogen (secondary N) is 1. The molecule has 0 spiro atoms. The number of carbonyl (C=O) groups excluding carboxylic acids is 1. The summed E-state index contributed by atoms with van der Waals surface area (Å²) < 4.78 is 5.43. The first kappa shape index (κ1) is 16.4. The van der Waals surface area contributed by atoms with Crippen molar-refractivity contribution in [2.75, 3.05) is 11.9 Å². The molecule has 1 amide bonds. The van der Waals surface area contributed by atoms with Gasteiger partial charge in [-0.05, 0) is 25.5 Å². The molecule has 5 nitrogen and oxygen atoms in total. The summed E-state index contributed by atoms with van der Waals surface area (Å²) in [4.78, 5) is 11.8. The number of hydrogen-bond acceptors (Lipinski definition) is 5. The monoisotopic (exact) mass is 319 g/mol. The number of ether oxygens (including phenoxy) is 1. The van der Waals surface area contributed by atoms with E-state index in [1.807, 2.05) is 31.2 Å². The minimum atomic E-state index is -0.225. The van der Waals surface area contributed by atoms with Crippen molar-refractivity contribution >= 4 is 22.4 Å². The standard InChI is InChI=1S/C16H21N3O2S/c1-3-4-5-6-15-18-19-16(22-15)17-14(20)11-21-13-9-7-12(2)8-10-13/h7-10H,3-6,11H2,1-2H3,(H,17,19,20). The van der Waals surface area contributed by atoms with Crippen LogP contribution < -0.4 is 10.1 Å². The third-order valence-electron chi connectivity index (χ3n) is 3.10. The van der Waals surface area contributed by atoms with E-state index >= 15 is 0 Å². The molecule has 1 aromatic heterocycles. The molecular formula is C16H21N3O2S. The van der Waals surface area contributed by atoms with Crippen molar-refractivity contribution in [2.45, 2.75) is 39.5 Å². The second-order valence-corrected chi connectivity index (χ2v) is 6.17. The minimum absolute atomic E-state index is 0.0339. The van der Waals surface area contributed by atoms with Crippen LogP contribution in [-0.2, 0) is 11.2 Å². The van der Waals surface area contributed by atoms with Crippen LogP contribution in [0.3, 0.4) is 0 Å². The van der Waals surface area contributed by atoms with Gasteiger partial charge in [0.2, 0.25) is 5.13 Å². The molecule has 6 heteroatoms. The average molecular weight is 319 g/mol. The molecule has 0 bridgehead atoms. The van der Waals surface area contributed by atoms with Gasteiger partial charge in [-0.1, -0.05) is 48.8 Å². The second kappa shape index (κ2) is 8.48. The zero-order chi connectivity index (χ0) is 15.8. The van der Waals surface area contributed by atoms with Crippen molar-refractivity contribution in [3.05, 3.63) is 34.8 Å². The van der Waals surface area contributed by atoms with Crippen molar-refractivity contribution < 1.29 is 9.53 Å². The lowest BCUT2D eigenvalue weighted by Gasteiger charge is -2.05. The van der Waals surface area contributed by atoms with E-state index in [1.54, 1.807) is 0 Å². The number of rotatable bonds is 8. The van der Waals surface area contributed by atoms with Gasteiger partial charge in [0.15, 0.2) is 6.61 Å². The van der Waals surface area contributed by atoms with Crippen LogP contribution in [-0.4, -0.2) is 22.7 Å². The van der Waals surface area contributed by atoms with Gasteiger partial charge in [-0.25, -0.2) is 0 Å². The van der Waals surface area contributed by atoms with Crippen molar-refractivity contribution in [1.82, 2.24) is 10.2 Å². The fraction of sp³-hybridized carbons (Fsp3) is 0.438. The first-order valence-electron chi connectivity index (χ1n) is 7.49. The number of benzene rings is 1. The molecule has 1 heterocycles. The van der Waals surface area contributed by atoms with Crippen LogP contribution >= 0.6 is 11.3 Å². The molecule has 1 N–H and O–H groups in total. The van der Waals surface area contributed by atoms with Gasteiger partial charge in [0, 0.05) is 6.42 Å². The molecule has 0 saturated heterocycles. The van der Waals surface area contributed by atoms with Crippen molar-refractivity contribution in [3.63, 3.8) is 0 Å². The molecular weight excluding hydrogens is 298 g/mol. The van der Waals surface area contributed by atoms with E-state index in [0.29, 0.717) is 10.9 Å². The third-order valence-corrected chi connectivity index (χ3v) is 4.00. The Morgan fingerprint density at radius 2 is 2.00 bits per heavy atom. The fourth-order valence-corrected chi connectivity index (χ4v) is 2.67. The number of carbonyl (C=O) groups is 1. The molecule has 1 aromatic carbocycles. The van der Waals surface area contributed by atoms with Crippen molar-refractivity contribution in [1.29, 1.82) is 0 Å². The smallest absolute Gasteiger partial charge is 0.264 e. The lowest BCUT2D eigenvalue weighted by Crippen LogP contribution is -2.20. The summed E-state index contributed by atoms with van der Waals surface area (Å²) in [5.41, 5.74) is 1.15. The van der Waals surface area contributed by atoms with Gasteiger partial charge in [0.1, 0.15) is 10.8 Å². The maximum atomic E-state index is 11.8. The maximum Gasteiger partial charge on any atom is 0.264 e. The van der Waals surface area contributed by atoms with Gasteiger partial charge in [-0.15, -0.1) is 10.2 Å². The van der Waals surface area contributed by atoms with Gasteiger partial charge >= 0.3 is 0 Å². The van der Waals surface area contributed by atoms with Crippen LogP contribution in [0, 0.1) is 6.92 Å². The normalized spacial score (nSPS) is 10.5. The molecule has 0 aliphatic carbocycles. The topological polar surface area (TPSA) is 64.1 Å². The molecule has 0 aliphatic rings. The highest BCUT2D eigenvalue weighted by Crippen LogP contribution is 2.17. The third kappa shape index (κ3) is 5.44. The maximum absolute atomic E-state index is 11.8. The van der Waals surface area contributed by atoms with E-state index in [4.69, 9.17) is 4.74 Å². The summed E-state index contributed by atoms with van der Waals surface area (Å²) >= 11 is 1.43. The van der Waals surface area contributed by atoms with E-state index in [9.17, 15) is 4.79 Å². The predicted molar refractivity (Wildman–Crippen MR) is 88.4 cm³/mol. The van der Waals surface area contributed by atoms with Crippen LogP contribution in [0.25, 0.3) is 0 Å². The van der Waals surface area contributed by atoms with E-state index in [-0.39, 0.29) is 12.5 Å². The van der Waals surface area contributed by atoms with E-state index in [2.05, 4.69) is 22.4 Å². The number of aryl methyl sites for hydroxylation is 2. The van der Waals surface area contributed by atoms with Crippen LogP contribution in [0.2, 0.25) is 0 Å². The lowest BCUT2D eigenvalue weighted by atomic mass is 10.2. The Morgan fingerprint density at radius 1 is 1.23 bits per heavy atom. The van der Waals surface area contributed by atoms with E-state index < -0.39 is 0 Å². The quantitative estimate of drug-likeness (QED) is 0.755. The number of unbranched alkanes of at least 4 members (excludes halogenated alkanes) is 2. The van der Waals surface area contributed by atoms with Gasteiger partial charge < -0.3 is 4.74 Å². The lowest BCUT2D eigenvalue weighted by molar-refractivity contribution is -0.118. The highest BCUT2D eigenvalue weighted by molar-refractivity contribution is 7.15. The number of nitrogens with zero attached hydrogens (tertiary/aromatic N) is 2. The number of amides is 1. The van der Waals surface area contributed by atoms with Gasteiger partial charge in [0.25, 0.3) is 5.91 Å². The SMILES string of the molecule is CCCCCc1nnc(NC(=O)COc2ccc(C)cc2)s1. The average Bonchev–Trinajstić information content (AvgIpc) is 2.94. The molecule has 0 fully saturated rings. The zero-order valence-electron chi connectivity index (χ0n) is 13.0. The molecule has 0 aliphatic heterocycles. The summed E-state index contributed by atoms with van der Waals surface area (Å²) in [6.07, 6.45) is 4.39. The summed E-state index contributed by atoms with van der Waals surface area (Å²) in [6.45, 7) is 4.14. The Labute approximate surface area is 134 Å². The summed E-state index contributed by atoms with van der Waals surface area (Å²) in [5.74, 6) is 0.454. The molecule has 2 rings (SSSR count). The Morgan fingerprint density at radius 3 is 2.73 bits per heavy atom. The Balaban J connectivity index is 1.75. The number of hydrogen-bond donors (Lipinski definition) is 1. The number of anilines is 1. The first-order chi connectivity index (χ1) is 10.7. The largest absolute Gasteiger partial charge is 0.484 e. The van der Waals surface area contributed by atoms with E-state index in [0.717, 1.165) is 23.4 Å². The van der Waals surface area contributed by atoms with Crippen molar-refractivity contribution in [3.8, 4) is 5.75 Å². The summed E-state index contributed by atoms with van der Waals surface area (Å²) in [7, 11) is 0. The molecule has 0 saturated carbocycles. The van der Waals surface area contributed by atoms with Gasteiger partial charge in [-0.2, -0.15) is 0 Å². The predicted octanol–water partition coefficient (Wildman–Crippen LogP) is 3.60. The molecule has 0 atom stereocenters. The van der Waals surface area contributed by atoms with Crippen molar-refractivity contribution in [2.24, 2.45) is 0 Å². The van der Waals surface area contributed by atoms with Crippen LogP contribution in [0.15, 0.2) is 24.3 Å². The Kier molecular flexibility index (Phi) is 6.33. The molecule has 0 radical (unpaired) electrons. The van der Waals surface area contributed by atoms with Crippen LogP contribution in [0.1, 0.15) is 36.8 Å². The van der Waals surface area contributed by atoms with Crippen LogP contribution in [0.4, 0.5) is 5.13 Å². The summed E-state index contributed by atoms with van der Waals surface area (Å²) in [6, 6.07) is 7.58. The van der Waals surface area contributed by atoms with Gasteiger partial charge in [-0.3, -0.25) is 10.1 Å². The first-order valence-corrected chi connectivity index (χ1v) is 8.30. The molecule has 118 valence electrons. The minimum Gasteiger partial charge on any atom is -0.484 e.